The largest absolute Gasteiger partial charge is 0.481 e. The van der Waals surface area contributed by atoms with Gasteiger partial charge in [0.05, 0.1) is 11.6 Å². The van der Waals surface area contributed by atoms with E-state index >= 15 is 0 Å². The van der Waals surface area contributed by atoms with Crippen molar-refractivity contribution in [3.63, 3.8) is 0 Å². The van der Waals surface area contributed by atoms with Crippen LogP contribution in [0, 0.1) is 5.92 Å². The van der Waals surface area contributed by atoms with Crippen molar-refractivity contribution in [2.75, 3.05) is 13.1 Å². The fourth-order valence-electron chi connectivity index (χ4n) is 4.51. The van der Waals surface area contributed by atoms with Crippen LogP contribution in [0.2, 0.25) is 0 Å². The van der Waals surface area contributed by atoms with Gasteiger partial charge in [0, 0.05) is 48.0 Å². The van der Waals surface area contributed by atoms with Crippen molar-refractivity contribution in [1.29, 1.82) is 0 Å². The van der Waals surface area contributed by atoms with Crippen molar-refractivity contribution in [3.8, 4) is 10.6 Å². The maximum absolute atomic E-state index is 12.7. The number of amides is 2. The highest BCUT2D eigenvalue weighted by Gasteiger charge is 2.28. The van der Waals surface area contributed by atoms with Crippen molar-refractivity contribution in [2.45, 2.75) is 70.9 Å². The molecule has 9 heteroatoms. The van der Waals surface area contributed by atoms with Gasteiger partial charge in [-0.3, -0.25) is 9.59 Å². The zero-order chi connectivity index (χ0) is 25.2. The van der Waals surface area contributed by atoms with Gasteiger partial charge in [-0.2, -0.15) is 0 Å². The quantitative estimate of drug-likeness (QED) is 0.640. The first kappa shape index (κ1) is 25.2. The number of nitrogens with one attached hydrogen (secondary N) is 1. The molecule has 1 saturated carbocycles. The molecule has 1 aromatic carbocycles. The van der Waals surface area contributed by atoms with Crippen molar-refractivity contribution < 1.29 is 24.2 Å². The topological polar surface area (TPSA) is 109 Å². The number of aliphatic carboxylic acids is 1. The highest BCUT2D eigenvalue weighted by Crippen LogP contribution is 2.31. The third-order valence-electron chi connectivity index (χ3n) is 6.46. The van der Waals surface area contributed by atoms with E-state index in [9.17, 15) is 14.4 Å². The lowest BCUT2D eigenvalue weighted by Gasteiger charge is -2.26. The first-order valence-electron chi connectivity index (χ1n) is 12.2. The maximum atomic E-state index is 12.7. The number of fused-ring (bicyclic) bond motifs is 1. The van der Waals surface area contributed by atoms with Gasteiger partial charge in [-0.15, -0.1) is 11.3 Å². The molecule has 2 N–H and O–H groups in total. The van der Waals surface area contributed by atoms with E-state index in [2.05, 4.69) is 5.32 Å². The zero-order valence-corrected chi connectivity index (χ0v) is 21.3. The molecule has 1 aliphatic heterocycles. The van der Waals surface area contributed by atoms with E-state index in [4.69, 9.17) is 14.8 Å². The molecule has 1 aromatic heterocycles. The van der Waals surface area contributed by atoms with Crippen LogP contribution >= 0.6 is 11.3 Å². The number of nitrogens with zero attached hydrogens (tertiary/aromatic N) is 2. The molecular weight excluding hydrogens is 466 g/mol. The molecule has 0 radical (unpaired) electrons. The number of aromatic nitrogens is 1. The highest BCUT2D eigenvalue weighted by atomic mass is 32.1. The van der Waals surface area contributed by atoms with Crippen LogP contribution in [0.4, 0.5) is 4.79 Å². The minimum atomic E-state index is -0.745. The van der Waals surface area contributed by atoms with E-state index in [1.165, 1.54) is 4.88 Å². The van der Waals surface area contributed by atoms with E-state index in [1.54, 1.807) is 16.2 Å². The number of rotatable bonds is 4. The average Bonchev–Trinajstić information content (AvgIpc) is 3.11. The first-order valence-corrected chi connectivity index (χ1v) is 13.0. The molecule has 1 fully saturated rings. The fourth-order valence-corrected chi connectivity index (χ4v) is 5.62. The van der Waals surface area contributed by atoms with E-state index in [-0.39, 0.29) is 24.0 Å². The lowest BCUT2D eigenvalue weighted by molar-refractivity contribution is -0.142. The van der Waals surface area contributed by atoms with Crippen LogP contribution in [0.5, 0.6) is 0 Å². The van der Waals surface area contributed by atoms with Crippen LogP contribution in [-0.2, 0) is 22.4 Å². The van der Waals surface area contributed by atoms with Crippen LogP contribution in [0.15, 0.2) is 24.3 Å². The number of benzene rings is 1. The summed E-state index contributed by atoms with van der Waals surface area (Å²) in [7, 11) is 0. The Morgan fingerprint density at radius 1 is 1.06 bits per heavy atom. The molecule has 35 heavy (non-hydrogen) atoms. The molecule has 2 aliphatic rings. The Labute approximate surface area is 209 Å². The molecule has 2 aromatic rings. The molecule has 2 amide bonds. The van der Waals surface area contributed by atoms with E-state index in [0.29, 0.717) is 50.8 Å². The molecular formula is C26H33N3O5S. The number of carbonyl (C=O) groups is 3. The van der Waals surface area contributed by atoms with Crippen LogP contribution in [0.3, 0.4) is 0 Å². The van der Waals surface area contributed by atoms with Gasteiger partial charge in [0.2, 0.25) is 0 Å². The second kappa shape index (κ2) is 10.4. The second-order valence-corrected chi connectivity index (χ2v) is 11.4. The molecule has 1 aliphatic carbocycles. The molecule has 0 unspecified atom stereocenters. The molecule has 0 saturated heterocycles. The molecule has 0 bridgehead atoms. The number of carboxylic acids is 1. The number of carboxylic acid groups (broad SMARTS) is 1. The zero-order valence-electron chi connectivity index (χ0n) is 20.5. The third kappa shape index (κ3) is 6.39. The summed E-state index contributed by atoms with van der Waals surface area (Å²) in [6.07, 6.45) is 3.74. The second-order valence-electron chi connectivity index (χ2n) is 10.3. The van der Waals surface area contributed by atoms with Crippen molar-refractivity contribution in [3.05, 3.63) is 40.4 Å². The van der Waals surface area contributed by atoms with E-state index in [1.807, 2.05) is 45.0 Å². The Morgan fingerprint density at radius 3 is 2.34 bits per heavy atom. The van der Waals surface area contributed by atoms with E-state index < -0.39 is 11.6 Å². The number of ether oxygens (including phenoxy) is 1. The molecule has 2 heterocycles. The summed E-state index contributed by atoms with van der Waals surface area (Å²) in [5.41, 5.74) is 2.06. The first-order chi connectivity index (χ1) is 16.6. The molecule has 188 valence electrons. The minimum absolute atomic E-state index is 0.0210. The van der Waals surface area contributed by atoms with E-state index in [0.717, 1.165) is 22.7 Å². The van der Waals surface area contributed by atoms with Gasteiger partial charge in [0.15, 0.2) is 0 Å². The SMILES string of the molecule is CC(C)(C)OC(=O)N1CCc2nc(-c3ccc(C(=O)NC4CCC(C(=O)O)CC4)cc3)sc2CC1. The van der Waals surface area contributed by atoms with Crippen LogP contribution < -0.4 is 5.32 Å². The smallest absolute Gasteiger partial charge is 0.410 e. The molecule has 0 atom stereocenters. The Kier molecular flexibility index (Phi) is 7.44. The van der Waals surface area contributed by atoms with Gasteiger partial charge in [-0.05, 0) is 58.6 Å². The van der Waals surface area contributed by atoms with Crippen molar-refractivity contribution in [1.82, 2.24) is 15.2 Å². The van der Waals surface area contributed by atoms with Gasteiger partial charge < -0.3 is 20.1 Å². The summed E-state index contributed by atoms with van der Waals surface area (Å²) < 4.78 is 5.51. The predicted octanol–water partition coefficient (Wildman–Crippen LogP) is 4.52. The summed E-state index contributed by atoms with van der Waals surface area (Å²) in [6.45, 7) is 6.80. The van der Waals surface area contributed by atoms with Crippen molar-refractivity contribution >= 4 is 29.3 Å². The standard InChI is InChI=1S/C26H33N3O5S/c1-26(2,3)34-25(33)29-14-12-20-21(13-15-29)35-23(28-20)17-6-4-16(5-7-17)22(30)27-19-10-8-18(9-11-19)24(31)32/h4-7,18-19H,8-15H2,1-3H3,(H,27,30)(H,31,32). The normalized spacial score (nSPS) is 20.5. The van der Waals surface area contributed by atoms with Gasteiger partial charge >= 0.3 is 12.1 Å². The average molecular weight is 500 g/mol. The van der Waals surface area contributed by atoms with Crippen LogP contribution in [0.25, 0.3) is 10.6 Å². The number of carbonyl (C=O) groups excluding carboxylic acids is 2. The summed E-state index contributed by atoms with van der Waals surface area (Å²) in [4.78, 5) is 44.0. The maximum Gasteiger partial charge on any atom is 0.410 e. The van der Waals surface area contributed by atoms with Gasteiger partial charge in [0.1, 0.15) is 10.6 Å². The Morgan fingerprint density at radius 2 is 1.71 bits per heavy atom. The minimum Gasteiger partial charge on any atom is -0.481 e. The molecule has 4 rings (SSSR count). The molecule has 0 spiro atoms. The lowest BCUT2D eigenvalue weighted by Crippen LogP contribution is -2.38. The van der Waals surface area contributed by atoms with Gasteiger partial charge in [0.25, 0.3) is 5.91 Å². The molecule has 8 nitrogen and oxygen atoms in total. The van der Waals surface area contributed by atoms with Crippen molar-refractivity contribution in [2.24, 2.45) is 5.92 Å². The summed E-state index contributed by atoms with van der Waals surface area (Å²) in [5, 5.41) is 13.1. The summed E-state index contributed by atoms with van der Waals surface area (Å²) >= 11 is 1.64. The number of hydrogen-bond donors (Lipinski definition) is 2. The third-order valence-corrected chi connectivity index (χ3v) is 7.67. The Bertz CT molecular complexity index is 1060. The summed E-state index contributed by atoms with van der Waals surface area (Å²) in [5.74, 6) is -1.17. The van der Waals surface area contributed by atoms with Crippen LogP contribution in [0.1, 0.15) is 67.4 Å². The number of thiazole rings is 1. The summed E-state index contributed by atoms with van der Waals surface area (Å²) in [6, 6.07) is 7.48. The monoisotopic (exact) mass is 499 g/mol. The van der Waals surface area contributed by atoms with Gasteiger partial charge in [-0.25, -0.2) is 9.78 Å². The highest BCUT2D eigenvalue weighted by molar-refractivity contribution is 7.15. The fraction of sp³-hybridized carbons (Fsp3) is 0.538. The Balaban J connectivity index is 1.34. The predicted molar refractivity (Wildman–Crippen MR) is 134 cm³/mol. The van der Waals surface area contributed by atoms with Crippen LogP contribution in [-0.4, -0.2) is 57.7 Å². The van der Waals surface area contributed by atoms with Gasteiger partial charge in [-0.1, -0.05) is 12.1 Å². The number of hydrogen-bond acceptors (Lipinski definition) is 6. The Hall–Kier alpha value is -2.94. The lowest BCUT2D eigenvalue weighted by atomic mass is 9.86.